The van der Waals surface area contributed by atoms with Crippen LogP contribution in [0, 0.1) is 0 Å². The molecule has 3 aromatic heterocycles. The van der Waals surface area contributed by atoms with Crippen LogP contribution in [0.5, 0.6) is 0 Å². The molecule has 4 heteroatoms. The molecule has 0 aliphatic rings. The summed E-state index contributed by atoms with van der Waals surface area (Å²) >= 11 is 0. The van der Waals surface area contributed by atoms with Gasteiger partial charge in [-0.15, -0.1) is 0 Å². The summed E-state index contributed by atoms with van der Waals surface area (Å²) in [7, 11) is 0. The summed E-state index contributed by atoms with van der Waals surface area (Å²) in [5, 5.41) is 7.27. The van der Waals surface area contributed by atoms with Crippen molar-refractivity contribution in [2.45, 2.75) is 0 Å². The monoisotopic (exact) mass is 738 g/mol. The van der Waals surface area contributed by atoms with Gasteiger partial charge in [0.15, 0.2) is 5.82 Å². The Balaban J connectivity index is 1.11. The van der Waals surface area contributed by atoms with E-state index in [1.165, 1.54) is 60.0 Å². The number of hydrogen-bond acceptors (Lipinski definition) is 2. The molecule has 58 heavy (non-hydrogen) atoms. The van der Waals surface area contributed by atoms with Crippen LogP contribution in [0.4, 0.5) is 0 Å². The summed E-state index contributed by atoms with van der Waals surface area (Å²) < 4.78 is 4.73. The molecule has 270 valence electrons. The third-order valence-corrected chi connectivity index (χ3v) is 11.7. The zero-order valence-corrected chi connectivity index (χ0v) is 31.4. The van der Waals surface area contributed by atoms with Crippen LogP contribution in [0.25, 0.3) is 110 Å². The van der Waals surface area contributed by atoms with Crippen molar-refractivity contribution in [2.75, 3.05) is 0 Å². The lowest BCUT2D eigenvalue weighted by molar-refractivity contribution is 1.08. The Morgan fingerprint density at radius 1 is 0.328 bits per heavy atom. The normalized spacial score (nSPS) is 11.8. The molecule has 0 fully saturated rings. The van der Waals surface area contributed by atoms with Gasteiger partial charge in [-0.05, 0) is 81.6 Å². The number of aromatic nitrogens is 4. The van der Waals surface area contributed by atoms with Gasteiger partial charge in [0, 0.05) is 32.8 Å². The van der Waals surface area contributed by atoms with Crippen molar-refractivity contribution < 1.29 is 0 Å². The molecule has 0 aliphatic heterocycles. The lowest BCUT2D eigenvalue weighted by atomic mass is 9.94. The first-order chi connectivity index (χ1) is 28.8. The van der Waals surface area contributed by atoms with Gasteiger partial charge in [-0.2, -0.15) is 0 Å². The van der Waals surface area contributed by atoms with Crippen LogP contribution in [-0.2, 0) is 0 Å². The molecule has 0 aliphatic carbocycles. The van der Waals surface area contributed by atoms with E-state index in [0.29, 0.717) is 0 Å². The molecular weight excluding hydrogens is 705 g/mol. The maximum atomic E-state index is 5.46. The number of rotatable bonds is 5. The maximum Gasteiger partial charge on any atom is 0.165 e. The van der Waals surface area contributed by atoms with Crippen LogP contribution >= 0.6 is 0 Å². The van der Waals surface area contributed by atoms with Gasteiger partial charge in [0.2, 0.25) is 0 Å². The van der Waals surface area contributed by atoms with Crippen molar-refractivity contribution in [1.82, 2.24) is 19.1 Å². The van der Waals surface area contributed by atoms with Crippen LogP contribution in [0.15, 0.2) is 206 Å². The van der Waals surface area contributed by atoms with Gasteiger partial charge in [0.1, 0.15) is 5.69 Å². The molecule has 4 nitrogen and oxygen atoms in total. The molecule has 0 saturated carbocycles. The predicted molar refractivity (Wildman–Crippen MR) is 242 cm³/mol. The zero-order chi connectivity index (χ0) is 38.2. The molecule has 0 amide bonds. The minimum absolute atomic E-state index is 0.802. The molecular formula is C54H34N4. The van der Waals surface area contributed by atoms with Gasteiger partial charge in [-0.3, -0.25) is 4.57 Å². The van der Waals surface area contributed by atoms with E-state index in [0.717, 1.165) is 50.4 Å². The maximum absolute atomic E-state index is 5.46. The fourth-order valence-electron chi connectivity index (χ4n) is 9.10. The molecule has 0 N–H and O–H groups in total. The highest BCUT2D eigenvalue weighted by atomic mass is 15.1. The Kier molecular flexibility index (Phi) is 7.20. The van der Waals surface area contributed by atoms with Gasteiger partial charge in [-0.25, -0.2) is 9.97 Å². The van der Waals surface area contributed by atoms with Crippen molar-refractivity contribution in [3.63, 3.8) is 0 Å². The summed E-state index contributed by atoms with van der Waals surface area (Å²) in [5.41, 5.74) is 14.0. The second-order valence-electron chi connectivity index (χ2n) is 15.0. The molecule has 0 radical (unpaired) electrons. The van der Waals surface area contributed by atoms with Gasteiger partial charge >= 0.3 is 0 Å². The minimum Gasteiger partial charge on any atom is -0.309 e. The predicted octanol–water partition coefficient (Wildman–Crippen LogP) is 14.0. The van der Waals surface area contributed by atoms with E-state index in [2.05, 4.69) is 203 Å². The Bertz CT molecular complexity index is 3500. The van der Waals surface area contributed by atoms with E-state index in [1.807, 2.05) is 12.1 Å². The van der Waals surface area contributed by atoms with E-state index in [9.17, 15) is 0 Å². The van der Waals surface area contributed by atoms with E-state index < -0.39 is 0 Å². The Morgan fingerprint density at radius 2 is 0.862 bits per heavy atom. The third-order valence-electron chi connectivity index (χ3n) is 11.7. The third kappa shape index (κ3) is 4.95. The van der Waals surface area contributed by atoms with E-state index in [-0.39, 0.29) is 0 Å². The average molecular weight is 739 g/mol. The summed E-state index contributed by atoms with van der Waals surface area (Å²) in [5.74, 6) is 0.802. The second kappa shape index (κ2) is 12.9. The summed E-state index contributed by atoms with van der Waals surface area (Å²) in [6, 6.07) is 73.7. The van der Waals surface area contributed by atoms with Crippen molar-refractivity contribution in [1.29, 1.82) is 0 Å². The van der Waals surface area contributed by atoms with E-state index in [4.69, 9.17) is 9.97 Å². The summed E-state index contributed by atoms with van der Waals surface area (Å²) in [6.07, 6.45) is 0. The molecule has 12 aromatic rings. The number of benzene rings is 9. The van der Waals surface area contributed by atoms with Crippen molar-refractivity contribution >= 4 is 65.4 Å². The molecule has 0 unspecified atom stereocenters. The summed E-state index contributed by atoms with van der Waals surface area (Å²) in [4.78, 5) is 10.8. The highest BCUT2D eigenvalue weighted by molar-refractivity contribution is 6.22. The Labute approximate surface area is 334 Å². The fraction of sp³-hybridized carbons (Fsp3) is 0. The minimum atomic E-state index is 0.802. The van der Waals surface area contributed by atoms with E-state index >= 15 is 0 Å². The second-order valence-corrected chi connectivity index (χ2v) is 15.0. The van der Waals surface area contributed by atoms with E-state index in [1.54, 1.807) is 0 Å². The Hall–Kier alpha value is -7.82. The van der Waals surface area contributed by atoms with Crippen LogP contribution in [0.3, 0.4) is 0 Å². The highest BCUT2D eigenvalue weighted by Crippen LogP contribution is 2.42. The molecule has 9 aromatic carbocycles. The number of hydrogen-bond donors (Lipinski definition) is 0. The molecule has 0 bridgehead atoms. The van der Waals surface area contributed by atoms with Crippen LogP contribution in [0.1, 0.15) is 0 Å². The highest BCUT2D eigenvalue weighted by Gasteiger charge is 2.22. The Morgan fingerprint density at radius 3 is 1.59 bits per heavy atom. The quantitative estimate of drug-likeness (QED) is 0.176. The number of para-hydroxylation sites is 4. The first-order valence-corrected chi connectivity index (χ1v) is 19.8. The van der Waals surface area contributed by atoms with Crippen molar-refractivity contribution in [2.24, 2.45) is 0 Å². The molecule has 0 spiro atoms. The largest absolute Gasteiger partial charge is 0.309 e. The lowest BCUT2D eigenvalue weighted by Gasteiger charge is -2.15. The van der Waals surface area contributed by atoms with Crippen molar-refractivity contribution in [3.8, 4) is 45.0 Å². The van der Waals surface area contributed by atoms with Gasteiger partial charge in [-0.1, -0.05) is 158 Å². The number of fused-ring (bicyclic) bond motifs is 9. The molecule has 12 rings (SSSR count). The van der Waals surface area contributed by atoms with Gasteiger partial charge in [0.05, 0.1) is 33.1 Å². The standard InChI is InChI=1S/C54H34N4/c1-2-14-35(15-3-1)40-17-6-7-18-41(40)37-26-28-38(29-27-37)53-54(56-47-23-11-10-22-46(47)55-53)58-50-33-31-39(34-45(50)52-42-19-5-4-16-36(42)30-32-51(52)58)57-48-24-12-8-20-43(48)44-21-9-13-25-49(44)57/h1-34H. The smallest absolute Gasteiger partial charge is 0.165 e. The van der Waals surface area contributed by atoms with Crippen molar-refractivity contribution in [3.05, 3.63) is 206 Å². The van der Waals surface area contributed by atoms with Crippen LogP contribution in [-0.4, -0.2) is 19.1 Å². The zero-order valence-electron chi connectivity index (χ0n) is 31.4. The number of nitrogens with zero attached hydrogens (tertiary/aromatic N) is 4. The topological polar surface area (TPSA) is 35.6 Å². The van der Waals surface area contributed by atoms with Crippen LogP contribution < -0.4 is 0 Å². The summed E-state index contributed by atoms with van der Waals surface area (Å²) in [6.45, 7) is 0. The molecule has 0 saturated heterocycles. The lowest BCUT2D eigenvalue weighted by Crippen LogP contribution is -2.04. The molecule has 0 atom stereocenters. The molecule has 3 heterocycles. The SMILES string of the molecule is c1ccc(-c2ccccc2-c2ccc(-c3nc4ccccc4nc3-n3c4ccc(-n5c6ccccc6c6ccccc65)cc4c4c5ccccc5ccc43)cc2)cc1. The average Bonchev–Trinajstić information content (AvgIpc) is 3.82. The first-order valence-electron chi connectivity index (χ1n) is 19.8. The van der Waals surface area contributed by atoms with Crippen LogP contribution in [0.2, 0.25) is 0 Å². The first kappa shape index (κ1) is 32.4. The fourth-order valence-corrected chi connectivity index (χ4v) is 9.10. The van der Waals surface area contributed by atoms with Gasteiger partial charge < -0.3 is 4.57 Å². The van der Waals surface area contributed by atoms with Gasteiger partial charge in [0.25, 0.3) is 0 Å².